The number of hydrogen-bond acceptors (Lipinski definition) is 1. The van der Waals surface area contributed by atoms with Crippen LogP contribution in [0.2, 0.25) is 0 Å². The minimum Gasteiger partial charge on any atom is -0.266 e. The third kappa shape index (κ3) is 1.17. The average Bonchev–Trinajstić information content (AvgIpc) is 2.68. The largest absolute Gasteiger partial charge is 0.266 e. The van der Waals surface area contributed by atoms with Gasteiger partial charge in [0.05, 0.1) is 6.04 Å². The van der Waals surface area contributed by atoms with Gasteiger partial charge in [-0.15, -0.1) is 0 Å². The normalized spacial score (nSPS) is 17.7. The Hall–Kier alpha value is -0.790. The predicted octanol–water partition coefficient (Wildman–Crippen LogP) is 2.34. The molecule has 1 aromatic rings. The third-order valence-corrected chi connectivity index (χ3v) is 2.19. The second-order valence-corrected chi connectivity index (χ2v) is 3.59. The third-order valence-electron chi connectivity index (χ3n) is 2.19. The smallest absolute Gasteiger partial charge is 0.0524 e. The quantitative estimate of drug-likeness (QED) is 0.632. The van der Waals surface area contributed by atoms with Gasteiger partial charge in [-0.25, -0.2) is 0 Å². The maximum Gasteiger partial charge on any atom is 0.0524 e. The van der Waals surface area contributed by atoms with E-state index in [-0.39, 0.29) is 0 Å². The van der Waals surface area contributed by atoms with E-state index < -0.39 is 0 Å². The van der Waals surface area contributed by atoms with Crippen LogP contribution in [0.15, 0.2) is 12.3 Å². The average molecular weight is 150 g/mol. The van der Waals surface area contributed by atoms with Gasteiger partial charge >= 0.3 is 0 Å². The van der Waals surface area contributed by atoms with Crippen LogP contribution >= 0.6 is 0 Å². The molecule has 2 nitrogen and oxygen atoms in total. The van der Waals surface area contributed by atoms with Gasteiger partial charge in [0.1, 0.15) is 0 Å². The second kappa shape index (κ2) is 2.36. The topological polar surface area (TPSA) is 17.8 Å². The molecule has 1 fully saturated rings. The number of aromatic nitrogens is 2. The van der Waals surface area contributed by atoms with Gasteiger partial charge < -0.3 is 0 Å². The highest BCUT2D eigenvalue weighted by Gasteiger charge is 2.26. The Labute approximate surface area is 67.2 Å². The van der Waals surface area contributed by atoms with Crippen LogP contribution in [0, 0.1) is 0 Å². The Balaban J connectivity index is 2.30. The van der Waals surface area contributed by atoms with E-state index in [4.69, 9.17) is 0 Å². The van der Waals surface area contributed by atoms with Crippen molar-refractivity contribution in [3.05, 3.63) is 18.0 Å². The summed E-state index contributed by atoms with van der Waals surface area (Å²) in [5.41, 5.74) is 1.38. The van der Waals surface area contributed by atoms with Gasteiger partial charge in [0.15, 0.2) is 0 Å². The van der Waals surface area contributed by atoms with Crippen LogP contribution in [-0.4, -0.2) is 9.78 Å². The molecule has 0 radical (unpaired) electrons. The van der Waals surface area contributed by atoms with E-state index in [1.165, 1.54) is 18.5 Å². The van der Waals surface area contributed by atoms with Gasteiger partial charge in [-0.1, -0.05) is 13.8 Å². The summed E-state index contributed by atoms with van der Waals surface area (Å²) in [6, 6.07) is 2.85. The highest BCUT2D eigenvalue weighted by Crippen LogP contribution is 2.36. The van der Waals surface area contributed by atoms with Gasteiger partial charge in [-0.05, 0) is 24.8 Å². The van der Waals surface area contributed by atoms with E-state index >= 15 is 0 Å². The number of rotatable bonds is 2. The van der Waals surface area contributed by atoms with Crippen LogP contribution in [0.25, 0.3) is 0 Å². The molecule has 2 heteroatoms. The van der Waals surface area contributed by atoms with Gasteiger partial charge in [-0.2, -0.15) is 5.10 Å². The lowest BCUT2D eigenvalue weighted by Gasteiger charge is -2.07. The van der Waals surface area contributed by atoms with E-state index in [0.29, 0.717) is 5.92 Å². The summed E-state index contributed by atoms with van der Waals surface area (Å²) >= 11 is 0. The summed E-state index contributed by atoms with van der Waals surface area (Å²) in [5.74, 6) is 0.609. The molecule has 2 rings (SSSR count). The van der Waals surface area contributed by atoms with Crippen LogP contribution < -0.4 is 0 Å². The predicted molar refractivity (Wildman–Crippen MR) is 44.6 cm³/mol. The van der Waals surface area contributed by atoms with Crippen molar-refractivity contribution in [3.8, 4) is 0 Å². The van der Waals surface area contributed by atoms with Crippen molar-refractivity contribution in [1.29, 1.82) is 0 Å². The first-order chi connectivity index (χ1) is 5.29. The minimum absolute atomic E-state index is 0.609. The van der Waals surface area contributed by atoms with E-state index in [1.54, 1.807) is 0 Å². The molecular formula is C9H14N2. The van der Waals surface area contributed by atoms with E-state index in [0.717, 1.165) is 6.04 Å². The Kier molecular flexibility index (Phi) is 1.48. The maximum atomic E-state index is 4.32. The molecule has 60 valence electrons. The van der Waals surface area contributed by atoms with Gasteiger partial charge in [0.2, 0.25) is 0 Å². The van der Waals surface area contributed by atoms with Gasteiger partial charge in [-0.3, -0.25) is 4.68 Å². The molecule has 0 aromatic carbocycles. The minimum atomic E-state index is 0.609. The van der Waals surface area contributed by atoms with Gasteiger partial charge in [0.25, 0.3) is 0 Å². The molecule has 1 aliphatic carbocycles. The van der Waals surface area contributed by atoms with Crippen molar-refractivity contribution >= 4 is 0 Å². The Morgan fingerprint density at radius 2 is 2.27 bits per heavy atom. The molecule has 1 saturated carbocycles. The molecule has 0 saturated heterocycles. The van der Waals surface area contributed by atoms with Crippen molar-refractivity contribution in [3.63, 3.8) is 0 Å². The second-order valence-electron chi connectivity index (χ2n) is 3.59. The first-order valence-electron chi connectivity index (χ1n) is 4.32. The number of nitrogens with zero attached hydrogens (tertiary/aromatic N) is 2. The summed E-state index contributed by atoms with van der Waals surface area (Å²) < 4.78 is 2.19. The Bertz CT molecular complexity index is 229. The van der Waals surface area contributed by atoms with E-state index in [1.807, 2.05) is 6.20 Å². The Morgan fingerprint density at radius 1 is 1.55 bits per heavy atom. The van der Waals surface area contributed by atoms with Crippen LogP contribution in [0.4, 0.5) is 0 Å². The first kappa shape index (κ1) is 6.89. The summed E-state index contributed by atoms with van der Waals surface area (Å²) in [5, 5.41) is 4.32. The summed E-state index contributed by atoms with van der Waals surface area (Å²) in [6.45, 7) is 4.44. The van der Waals surface area contributed by atoms with Gasteiger partial charge in [0, 0.05) is 11.9 Å². The van der Waals surface area contributed by atoms with Crippen LogP contribution in [0.5, 0.6) is 0 Å². The van der Waals surface area contributed by atoms with Crippen molar-refractivity contribution in [2.75, 3.05) is 0 Å². The van der Waals surface area contributed by atoms with Crippen LogP contribution in [0.1, 0.15) is 44.3 Å². The molecule has 0 atom stereocenters. The van der Waals surface area contributed by atoms with E-state index in [9.17, 15) is 0 Å². The fourth-order valence-electron chi connectivity index (χ4n) is 1.41. The molecule has 11 heavy (non-hydrogen) atoms. The Morgan fingerprint density at radius 3 is 2.82 bits per heavy atom. The zero-order valence-corrected chi connectivity index (χ0v) is 7.12. The molecule has 1 heterocycles. The zero-order valence-electron chi connectivity index (χ0n) is 7.12. The molecule has 1 aliphatic rings. The zero-order chi connectivity index (χ0) is 7.84. The molecule has 1 aromatic heterocycles. The first-order valence-corrected chi connectivity index (χ1v) is 4.32. The highest BCUT2D eigenvalue weighted by molar-refractivity contribution is 5.08. The highest BCUT2D eigenvalue weighted by atomic mass is 15.3. The lowest BCUT2D eigenvalue weighted by molar-refractivity contribution is 0.584. The summed E-state index contributed by atoms with van der Waals surface area (Å²) in [6.07, 6.45) is 4.55. The van der Waals surface area contributed by atoms with E-state index in [2.05, 4.69) is 29.7 Å². The maximum absolute atomic E-state index is 4.32. The number of hydrogen-bond donors (Lipinski definition) is 0. The fourth-order valence-corrected chi connectivity index (χ4v) is 1.41. The molecule has 0 N–H and O–H groups in total. The fraction of sp³-hybridized carbons (Fsp3) is 0.667. The summed E-state index contributed by atoms with van der Waals surface area (Å²) in [4.78, 5) is 0. The monoisotopic (exact) mass is 150 g/mol. The molecule has 0 spiro atoms. The lowest BCUT2D eigenvalue weighted by atomic mass is 10.1. The molecule has 0 bridgehead atoms. The van der Waals surface area contributed by atoms with Crippen molar-refractivity contribution in [2.45, 2.75) is 38.6 Å². The van der Waals surface area contributed by atoms with Crippen LogP contribution in [-0.2, 0) is 0 Å². The molecule has 0 amide bonds. The SMILES string of the molecule is CC(C)c1ccnn1C1CC1. The lowest BCUT2D eigenvalue weighted by Crippen LogP contribution is -2.03. The van der Waals surface area contributed by atoms with Crippen molar-refractivity contribution in [1.82, 2.24) is 9.78 Å². The molecule has 0 unspecified atom stereocenters. The molecule has 0 aliphatic heterocycles. The van der Waals surface area contributed by atoms with Crippen molar-refractivity contribution < 1.29 is 0 Å². The molecular weight excluding hydrogens is 136 g/mol. The van der Waals surface area contributed by atoms with Crippen molar-refractivity contribution in [2.24, 2.45) is 0 Å². The summed E-state index contributed by atoms with van der Waals surface area (Å²) in [7, 11) is 0. The van der Waals surface area contributed by atoms with Crippen LogP contribution in [0.3, 0.4) is 0 Å². The standard InChI is InChI=1S/C9H14N2/c1-7(2)9-5-6-10-11(9)8-3-4-8/h5-8H,3-4H2,1-2H3.